The van der Waals surface area contributed by atoms with Crippen LogP contribution in [0.3, 0.4) is 0 Å². The fourth-order valence-corrected chi connectivity index (χ4v) is 8.46. The number of carbonyl (C=O) groups excluding carboxylic acids is 1. The monoisotopic (exact) mass is 843 g/mol. The summed E-state index contributed by atoms with van der Waals surface area (Å²) >= 11 is 0. The Kier molecular flexibility index (Phi) is 21.3. The summed E-state index contributed by atoms with van der Waals surface area (Å²) in [7, 11) is 2.08. The number of aliphatic imine (C=N–C) groups is 1. The van der Waals surface area contributed by atoms with Crippen molar-refractivity contribution in [1.82, 2.24) is 24.6 Å². The highest BCUT2D eigenvalue weighted by Crippen LogP contribution is 2.45. The van der Waals surface area contributed by atoms with Crippen molar-refractivity contribution in [2.75, 3.05) is 39.8 Å². The maximum absolute atomic E-state index is 13.7. The van der Waals surface area contributed by atoms with Crippen molar-refractivity contribution in [2.24, 2.45) is 10.9 Å². The van der Waals surface area contributed by atoms with Gasteiger partial charge in [0.1, 0.15) is 0 Å². The number of allylic oxidation sites excluding steroid dienone is 1. The van der Waals surface area contributed by atoms with Crippen LogP contribution in [0.4, 0.5) is 0 Å². The number of pyridine rings is 1. The first-order chi connectivity index (χ1) is 30.0. The zero-order chi connectivity index (χ0) is 46.1. The van der Waals surface area contributed by atoms with Gasteiger partial charge in [-0.05, 0) is 103 Å². The molecule has 4 heterocycles. The van der Waals surface area contributed by atoms with Crippen molar-refractivity contribution in [3.63, 3.8) is 0 Å². The van der Waals surface area contributed by atoms with Crippen LogP contribution in [0.5, 0.6) is 0 Å². The van der Waals surface area contributed by atoms with Crippen LogP contribution in [0, 0.1) is 12.8 Å². The second-order valence-corrected chi connectivity index (χ2v) is 16.3. The van der Waals surface area contributed by atoms with Crippen LogP contribution >= 0.6 is 0 Å². The van der Waals surface area contributed by atoms with Gasteiger partial charge in [0.25, 0.3) is 0 Å². The quantitative estimate of drug-likeness (QED) is 0.150. The minimum Gasteiger partial charge on any atom is -0.350 e. The van der Waals surface area contributed by atoms with Crippen LogP contribution < -0.4 is 0 Å². The maximum Gasteiger partial charge on any atom is 0.250 e. The van der Waals surface area contributed by atoms with Crippen molar-refractivity contribution >= 4 is 22.9 Å². The molecule has 1 saturated heterocycles. The molecule has 3 aliphatic heterocycles. The zero-order valence-corrected chi connectivity index (χ0v) is 41.4. The molecule has 7 heteroatoms. The Morgan fingerprint density at radius 1 is 0.935 bits per heavy atom. The topological polar surface area (TPSA) is 55.3 Å². The van der Waals surface area contributed by atoms with Gasteiger partial charge in [-0.2, -0.15) is 0 Å². The zero-order valence-electron chi connectivity index (χ0n) is 41.4. The molecule has 1 amide bonds. The first-order valence-corrected chi connectivity index (χ1v) is 23.9. The average molecular weight is 843 g/mol. The van der Waals surface area contributed by atoms with Crippen LogP contribution in [0.1, 0.15) is 164 Å². The fraction of sp³-hybridized carbons (Fsp3) is 0.509. The standard InChI is InChI=1S/C46H56N6O.C3H8.3C2H6/c1-9-17-48-33(5)31(3)32(4)46(53)52-19-16-40-37(11-10-12-39(40)35(52)7)27-50-20-22-51(23-21-50)29-44-30(2)24-38(25-42(44)36-13-14-36)45-28-49(8)34(6)43-26-47-18-15-41(43)45;1-3-2;3*1-2/h9-12,15,17-18,24-26,28,31,35-36H,4,6,13-14,16,19-23,27,29H2,1-3,5,7-8H3;3H2,1-2H3;3*1-2H3/b17-9-,48-33?;;;;. The summed E-state index contributed by atoms with van der Waals surface area (Å²) in [5, 5.41) is 0. The molecule has 0 bridgehead atoms. The van der Waals surface area contributed by atoms with E-state index in [2.05, 4.69) is 115 Å². The second kappa shape index (κ2) is 25.5. The van der Waals surface area contributed by atoms with Crippen molar-refractivity contribution in [1.29, 1.82) is 0 Å². The third-order valence-electron chi connectivity index (χ3n) is 12.2. The third kappa shape index (κ3) is 12.5. The van der Waals surface area contributed by atoms with Gasteiger partial charge in [-0.15, -0.1) is 0 Å². The number of hydrogen-bond acceptors (Lipinski definition) is 6. The highest BCUT2D eigenvalue weighted by molar-refractivity contribution is 6.01. The van der Waals surface area contributed by atoms with Gasteiger partial charge in [-0.1, -0.05) is 118 Å². The summed E-state index contributed by atoms with van der Waals surface area (Å²) in [6.07, 6.45) is 14.4. The van der Waals surface area contributed by atoms with Crippen molar-refractivity contribution < 1.29 is 4.79 Å². The first-order valence-electron chi connectivity index (χ1n) is 23.9. The highest BCUT2D eigenvalue weighted by Gasteiger charge is 2.33. The third-order valence-corrected chi connectivity index (χ3v) is 12.2. The minimum absolute atomic E-state index is 0.0107. The summed E-state index contributed by atoms with van der Waals surface area (Å²) in [6.45, 7) is 42.1. The number of nitrogens with zero attached hydrogens (tertiary/aromatic N) is 6. The van der Waals surface area contributed by atoms with Crippen LogP contribution in [0.25, 0.3) is 11.3 Å². The van der Waals surface area contributed by atoms with Gasteiger partial charge >= 0.3 is 0 Å². The minimum atomic E-state index is -0.0975. The number of rotatable bonds is 10. The molecule has 338 valence electrons. The van der Waals surface area contributed by atoms with E-state index in [0.29, 0.717) is 18.0 Å². The van der Waals surface area contributed by atoms with Crippen LogP contribution in [0.2, 0.25) is 0 Å². The molecule has 0 spiro atoms. The van der Waals surface area contributed by atoms with Gasteiger partial charge in [-0.3, -0.25) is 24.6 Å². The summed E-state index contributed by atoms with van der Waals surface area (Å²) in [4.78, 5) is 32.0. The molecular formula is C55H82N6O. The van der Waals surface area contributed by atoms with Gasteiger partial charge in [0, 0.05) is 112 Å². The summed E-state index contributed by atoms with van der Waals surface area (Å²) in [5.41, 5.74) is 15.9. The predicted octanol–water partition coefficient (Wildman–Crippen LogP) is 13.0. The molecule has 7 nitrogen and oxygen atoms in total. The molecule has 2 atom stereocenters. The molecule has 7 rings (SSSR count). The number of benzene rings is 2. The van der Waals surface area contributed by atoms with E-state index in [9.17, 15) is 4.79 Å². The molecule has 2 unspecified atom stereocenters. The number of aromatic nitrogens is 1. The van der Waals surface area contributed by atoms with E-state index < -0.39 is 0 Å². The number of fused-ring (bicyclic) bond motifs is 2. The lowest BCUT2D eigenvalue weighted by Gasteiger charge is -2.39. The number of hydrogen-bond donors (Lipinski definition) is 0. The number of amides is 1. The Labute approximate surface area is 378 Å². The van der Waals surface area contributed by atoms with Crippen molar-refractivity contribution in [3.05, 3.63) is 136 Å². The SMILES string of the molecule is C=C(C(=O)N1CCc2c(CN3CCN(Cc4c(C)cc(C5=CN(C)C(=C)c6cnccc65)cc4C4CC4)CC3)cccc2C1C)C(C)C(C)=N/C=C\C.CC.CC.CC.CCC. The van der Waals surface area contributed by atoms with E-state index in [1.54, 1.807) is 11.8 Å². The van der Waals surface area contributed by atoms with Gasteiger partial charge < -0.3 is 9.80 Å². The van der Waals surface area contributed by atoms with Gasteiger partial charge in [0.2, 0.25) is 5.91 Å². The van der Waals surface area contributed by atoms with E-state index in [1.807, 2.05) is 85.7 Å². The van der Waals surface area contributed by atoms with Gasteiger partial charge in [0.15, 0.2) is 0 Å². The Balaban J connectivity index is 0.00000106. The number of carbonyl (C=O) groups is 1. The molecule has 0 N–H and O–H groups in total. The van der Waals surface area contributed by atoms with E-state index in [1.165, 1.54) is 63.8 Å². The predicted molar refractivity (Wildman–Crippen MR) is 268 cm³/mol. The first kappa shape index (κ1) is 51.8. The Morgan fingerprint density at radius 2 is 1.56 bits per heavy atom. The molecule has 62 heavy (non-hydrogen) atoms. The Morgan fingerprint density at radius 3 is 2.18 bits per heavy atom. The van der Waals surface area contributed by atoms with Gasteiger partial charge in [-0.25, -0.2) is 0 Å². The second-order valence-electron chi connectivity index (χ2n) is 16.3. The van der Waals surface area contributed by atoms with Crippen LogP contribution in [-0.4, -0.2) is 76.0 Å². The summed E-state index contributed by atoms with van der Waals surface area (Å²) in [6, 6.07) is 13.7. The average Bonchev–Trinajstić information content (AvgIpc) is 4.16. The van der Waals surface area contributed by atoms with Gasteiger partial charge in [0.05, 0.1) is 6.04 Å². The van der Waals surface area contributed by atoms with Crippen LogP contribution in [0.15, 0.2) is 91.0 Å². The Hall–Kier alpha value is -4.59. The number of aryl methyl sites for hydroxylation is 1. The largest absolute Gasteiger partial charge is 0.350 e. The Bertz CT molecular complexity index is 2030. The normalized spacial score (nSPS) is 18.0. The van der Waals surface area contributed by atoms with E-state index >= 15 is 0 Å². The summed E-state index contributed by atoms with van der Waals surface area (Å²) in [5.74, 6) is 0.605. The van der Waals surface area contributed by atoms with E-state index in [-0.39, 0.29) is 17.9 Å². The molecule has 1 aliphatic carbocycles. The molecular weight excluding hydrogens is 761 g/mol. The molecule has 0 radical (unpaired) electrons. The van der Waals surface area contributed by atoms with Crippen molar-refractivity contribution in [2.45, 2.75) is 141 Å². The summed E-state index contributed by atoms with van der Waals surface area (Å²) < 4.78 is 0. The molecule has 2 aromatic carbocycles. The lowest BCUT2D eigenvalue weighted by Crippen LogP contribution is -2.46. The highest BCUT2D eigenvalue weighted by atomic mass is 16.2. The fourth-order valence-electron chi connectivity index (χ4n) is 8.46. The molecule has 1 aromatic heterocycles. The van der Waals surface area contributed by atoms with Crippen LogP contribution in [-0.2, 0) is 24.3 Å². The molecule has 2 fully saturated rings. The lowest BCUT2D eigenvalue weighted by atomic mass is 9.87. The lowest BCUT2D eigenvalue weighted by molar-refractivity contribution is -0.129. The smallest absolute Gasteiger partial charge is 0.250 e. The maximum atomic E-state index is 13.7. The molecule has 4 aliphatic rings. The molecule has 3 aromatic rings. The van der Waals surface area contributed by atoms with Crippen molar-refractivity contribution in [3.8, 4) is 0 Å². The van der Waals surface area contributed by atoms with E-state index in [0.717, 1.165) is 62.7 Å². The molecule has 1 saturated carbocycles. The number of piperazine rings is 1. The van der Waals surface area contributed by atoms with E-state index in [4.69, 9.17) is 0 Å².